The number of ether oxygens (including phenoxy) is 1. The number of carbonyl (C=O) groups is 1. The van der Waals surface area contributed by atoms with Gasteiger partial charge in [-0.2, -0.15) is 0 Å². The van der Waals surface area contributed by atoms with Crippen LogP contribution in [0.15, 0.2) is 16.6 Å². The normalized spacial score (nSPS) is 14.4. The summed E-state index contributed by atoms with van der Waals surface area (Å²) in [6.45, 7) is 0.714. The van der Waals surface area contributed by atoms with E-state index in [1.54, 1.807) is 12.1 Å². The van der Waals surface area contributed by atoms with Gasteiger partial charge in [0.15, 0.2) is 0 Å². The van der Waals surface area contributed by atoms with E-state index in [4.69, 9.17) is 9.84 Å². The quantitative estimate of drug-likeness (QED) is 0.840. The molecule has 1 aliphatic heterocycles. The molecule has 1 heterocycles. The van der Waals surface area contributed by atoms with E-state index >= 15 is 0 Å². The first-order valence-electron chi connectivity index (χ1n) is 4.37. The van der Waals surface area contributed by atoms with E-state index in [1.807, 2.05) is 0 Å². The van der Waals surface area contributed by atoms with Crippen LogP contribution >= 0.6 is 15.9 Å². The summed E-state index contributed by atoms with van der Waals surface area (Å²) in [7, 11) is 0. The van der Waals surface area contributed by atoms with E-state index in [1.165, 1.54) is 0 Å². The Morgan fingerprint density at radius 2 is 2.29 bits per heavy atom. The molecule has 2 rings (SSSR count). The van der Waals surface area contributed by atoms with Gasteiger partial charge in [0, 0.05) is 4.47 Å². The zero-order chi connectivity index (χ0) is 10.1. The van der Waals surface area contributed by atoms with Crippen LogP contribution in [-0.2, 0) is 6.42 Å². The highest BCUT2D eigenvalue weighted by molar-refractivity contribution is 9.10. The molecule has 3 nitrogen and oxygen atoms in total. The number of halogens is 1. The van der Waals surface area contributed by atoms with Crippen LogP contribution in [0.3, 0.4) is 0 Å². The minimum absolute atomic E-state index is 0.300. The van der Waals surface area contributed by atoms with Gasteiger partial charge in [-0.25, -0.2) is 4.79 Å². The summed E-state index contributed by atoms with van der Waals surface area (Å²) < 4.78 is 5.99. The number of aromatic carboxylic acids is 1. The van der Waals surface area contributed by atoms with Gasteiger partial charge in [0.1, 0.15) is 5.75 Å². The molecule has 0 bridgehead atoms. The third-order valence-corrected chi connectivity index (χ3v) is 2.88. The van der Waals surface area contributed by atoms with Gasteiger partial charge in [0.2, 0.25) is 0 Å². The zero-order valence-corrected chi connectivity index (χ0v) is 9.00. The zero-order valence-electron chi connectivity index (χ0n) is 7.42. The number of carboxylic acids is 1. The van der Waals surface area contributed by atoms with Crippen molar-refractivity contribution in [3.8, 4) is 5.75 Å². The smallest absolute Gasteiger partial charge is 0.336 e. The average molecular weight is 257 g/mol. The lowest BCUT2D eigenvalue weighted by Gasteiger charge is -2.18. The number of hydrogen-bond donors (Lipinski definition) is 1. The van der Waals surface area contributed by atoms with Crippen molar-refractivity contribution in [2.75, 3.05) is 6.61 Å². The minimum atomic E-state index is -0.912. The second-order valence-corrected chi connectivity index (χ2v) is 4.05. The Morgan fingerprint density at radius 3 is 3.00 bits per heavy atom. The molecule has 1 aliphatic rings. The molecule has 0 saturated carbocycles. The molecule has 0 atom stereocenters. The highest BCUT2D eigenvalue weighted by Gasteiger charge is 2.16. The molecule has 0 saturated heterocycles. The van der Waals surface area contributed by atoms with Gasteiger partial charge in [-0.05, 0) is 46.5 Å². The van der Waals surface area contributed by atoms with Crippen molar-refractivity contribution >= 4 is 21.9 Å². The van der Waals surface area contributed by atoms with Crippen LogP contribution in [0.1, 0.15) is 22.3 Å². The Balaban J connectivity index is 2.50. The molecule has 14 heavy (non-hydrogen) atoms. The van der Waals surface area contributed by atoms with Gasteiger partial charge < -0.3 is 9.84 Å². The van der Waals surface area contributed by atoms with Crippen LogP contribution in [-0.4, -0.2) is 17.7 Å². The predicted octanol–water partition coefficient (Wildman–Crippen LogP) is 2.47. The lowest BCUT2D eigenvalue weighted by molar-refractivity contribution is 0.0695. The summed E-state index contributed by atoms with van der Waals surface area (Å²) in [5.74, 6) is -0.113. The first-order valence-corrected chi connectivity index (χ1v) is 5.16. The second-order valence-electron chi connectivity index (χ2n) is 3.20. The van der Waals surface area contributed by atoms with Crippen LogP contribution in [0.4, 0.5) is 0 Å². The monoisotopic (exact) mass is 256 g/mol. The van der Waals surface area contributed by atoms with Gasteiger partial charge in [0.05, 0.1) is 12.2 Å². The van der Waals surface area contributed by atoms with Crippen molar-refractivity contribution in [3.63, 3.8) is 0 Å². The Morgan fingerprint density at radius 1 is 1.50 bits per heavy atom. The molecule has 74 valence electrons. The molecule has 0 unspecified atom stereocenters. The summed E-state index contributed by atoms with van der Waals surface area (Å²) in [4.78, 5) is 10.8. The maximum absolute atomic E-state index is 10.8. The van der Waals surface area contributed by atoms with Crippen molar-refractivity contribution in [2.45, 2.75) is 12.8 Å². The Hall–Kier alpha value is -1.03. The van der Waals surface area contributed by atoms with Crippen molar-refractivity contribution in [3.05, 3.63) is 27.7 Å². The molecular weight excluding hydrogens is 248 g/mol. The Kier molecular flexibility index (Phi) is 2.46. The van der Waals surface area contributed by atoms with E-state index in [9.17, 15) is 4.79 Å². The number of hydrogen-bond acceptors (Lipinski definition) is 2. The second kappa shape index (κ2) is 3.61. The molecule has 1 aromatic carbocycles. The first kappa shape index (κ1) is 9.52. The van der Waals surface area contributed by atoms with Crippen molar-refractivity contribution in [1.29, 1.82) is 0 Å². The minimum Gasteiger partial charge on any atom is -0.493 e. The topological polar surface area (TPSA) is 46.5 Å². The largest absolute Gasteiger partial charge is 0.493 e. The fourth-order valence-electron chi connectivity index (χ4n) is 1.54. The van der Waals surface area contributed by atoms with Crippen LogP contribution < -0.4 is 4.74 Å². The van der Waals surface area contributed by atoms with Crippen molar-refractivity contribution < 1.29 is 14.6 Å². The average Bonchev–Trinajstić information content (AvgIpc) is 2.16. The van der Waals surface area contributed by atoms with Gasteiger partial charge in [-0.3, -0.25) is 0 Å². The third-order valence-electron chi connectivity index (χ3n) is 2.23. The van der Waals surface area contributed by atoms with Crippen LogP contribution in [0.5, 0.6) is 5.75 Å². The highest BCUT2D eigenvalue weighted by atomic mass is 79.9. The fourth-order valence-corrected chi connectivity index (χ4v) is 2.03. The van der Waals surface area contributed by atoms with E-state index in [0.717, 1.165) is 24.2 Å². The third kappa shape index (κ3) is 1.62. The Labute approximate surface area is 89.8 Å². The fraction of sp³-hybridized carbons (Fsp3) is 0.300. The molecule has 0 fully saturated rings. The summed E-state index contributed by atoms with van der Waals surface area (Å²) in [6.07, 6.45) is 1.84. The van der Waals surface area contributed by atoms with Crippen LogP contribution in [0, 0.1) is 0 Å². The summed E-state index contributed by atoms with van der Waals surface area (Å²) >= 11 is 3.22. The van der Waals surface area contributed by atoms with E-state index in [2.05, 4.69) is 15.9 Å². The lowest BCUT2D eigenvalue weighted by Crippen LogP contribution is -2.10. The molecule has 0 aliphatic carbocycles. The summed E-state index contributed by atoms with van der Waals surface area (Å²) in [5, 5.41) is 8.90. The number of aryl methyl sites for hydroxylation is 1. The molecule has 0 radical (unpaired) electrons. The summed E-state index contributed by atoms with van der Waals surface area (Å²) in [6, 6.07) is 3.42. The molecule has 0 aromatic heterocycles. The molecule has 4 heteroatoms. The van der Waals surface area contributed by atoms with Crippen molar-refractivity contribution in [2.24, 2.45) is 0 Å². The Bertz CT molecular complexity index is 387. The maximum atomic E-state index is 10.8. The maximum Gasteiger partial charge on any atom is 0.336 e. The SMILES string of the molecule is O=C(O)c1cc2c(cc1Br)OCCC2. The van der Waals surface area contributed by atoms with E-state index < -0.39 is 5.97 Å². The lowest BCUT2D eigenvalue weighted by atomic mass is 10.0. The van der Waals surface area contributed by atoms with Crippen LogP contribution in [0.25, 0.3) is 0 Å². The molecular formula is C10H9BrO3. The number of fused-ring (bicyclic) bond motifs is 1. The predicted molar refractivity (Wildman–Crippen MR) is 54.9 cm³/mol. The first-order chi connectivity index (χ1) is 6.68. The summed E-state index contributed by atoms with van der Waals surface area (Å²) in [5.41, 5.74) is 1.28. The standard InChI is InChI=1S/C10H9BrO3/c11-8-5-9-6(2-1-3-14-9)4-7(8)10(12)13/h4-5H,1-3H2,(H,12,13). The van der Waals surface area contributed by atoms with Gasteiger partial charge in [0.25, 0.3) is 0 Å². The highest BCUT2D eigenvalue weighted by Crippen LogP contribution is 2.31. The number of benzene rings is 1. The van der Waals surface area contributed by atoms with E-state index in [0.29, 0.717) is 16.6 Å². The van der Waals surface area contributed by atoms with Gasteiger partial charge in [-0.15, -0.1) is 0 Å². The molecule has 0 amide bonds. The van der Waals surface area contributed by atoms with Crippen LogP contribution in [0.2, 0.25) is 0 Å². The number of rotatable bonds is 1. The molecule has 0 spiro atoms. The van der Waals surface area contributed by atoms with Crippen molar-refractivity contribution in [1.82, 2.24) is 0 Å². The van der Waals surface area contributed by atoms with Gasteiger partial charge in [-0.1, -0.05) is 0 Å². The number of carboxylic acid groups (broad SMARTS) is 1. The van der Waals surface area contributed by atoms with E-state index in [-0.39, 0.29) is 0 Å². The molecule has 1 aromatic rings. The van der Waals surface area contributed by atoms with Gasteiger partial charge >= 0.3 is 5.97 Å². The molecule has 1 N–H and O–H groups in total.